The molecule has 0 saturated carbocycles. The van der Waals surface area contributed by atoms with E-state index in [0.29, 0.717) is 35.7 Å². The molecule has 0 aliphatic carbocycles. The molecular weight excluding hydrogens is 518 g/mol. The molecule has 3 aromatic rings. The van der Waals surface area contributed by atoms with Gasteiger partial charge in [-0.05, 0) is 54.8 Å². The Morgan fingerprint density at radius 3 is 2.49 bits per heavy atom. The van der Waals surface area contributed by atoms with Crippen LogP contribution in [-0.2, 0) is 26.0 Å². The van der Waals surface area contributed by atoms with E-state index in [0.717, 1.165) is 9.87 Å². The SMILES string of the molecule is CCN(CC(=O)N1C[C@@H](C(=O)NCCc2ccccc2)Oc2ccccc21)S(=O)(=O)c1ccc(OC)c(C)c1. The van der Waals surface area contributed by atoms with Gasteiger partial charge in [0.2, 0.25) is 15.9 Å². The van der Waals surface area contributed by atoms with E-state index in [1.165, 1.54) is 24.1 Å². The quantitative estimate of drug-likeness (QED) is 0.415. The van der Waals surface area contributed by atoms with Gasteiger partial charge in [-0.15, -0.1) is 0 Å². The Balaban J connectivity index is 1.49. The Hall–Kier alpha value is -3.89. The maximum atomic E-state index is 13.6. The molecule has 1 aliphatic heterocycles. The molecule has 3 aromatic carbocycles. The summed E-state index contributed by atoms with van der Waals surface area (Å²) < 4.78 is 39.1. The van der Waals surface area contributed by atoms with Crippen LogP contribution in [0.25, 0.3) is 0 Å². The summed E-state index contributed by atoms with van der Waals surface area (Å²) in [5.74, 6) is 0.165. The van der Waals surface area contributed by atoms with E-state index in [1.807, 2.05) is 30.3 Å². The lowest BCUT2D eigenvalue weighted by atomic mass is 10.1. The zero-order valence-corrected chi connectivity index (χ0v) is 23.1. The third-order valence-electron chi connectivity index (χ3n) is 6.59. The first-order valence-electron chi connectivity index (χ1n) is 12.8. The number of nitrogens with zero attached hydrogens (tertiary/aromatic N) is 2. The predicted octanol–water partition coefficient (Wildman–Crippen LogP) is 3.17. The number of hydrogen-bond acceptors (Lipinski definition) is 6. The summed E-state index contributed by atoms with van der Waals surface area (Å²) in [4.78, 5) is 28.0. The zero-order chi connectivity index (χ0) is 28.0. The molecule has 2 amide bonds. The fourth-order valence-corrected chi connectivity index (χ4v) is 5.94. The van der Waals surface area contributed by atoms with Crippen molar-refractivity contribution in [2.75, 3.05) is 38.2 Å². The second-order valence-electron chi connectivity index (χ2n) is 9.17. The molecule has 0 radical (unpaired) electrons. The lowest BCUT2D eigenvalue weighted by Gasteiger charge is -2.35. The van der Waals surface area contributed by atoms with Gasteiger partial charge < -0.3 is 19.7 Å². The van der Waals surface area contributed by atoms with Crippen LogP contribution in [0.5, 0.6) is 11.5 Å². The Morgan fingerprint density at radius 1 is 1.08 bits per heavy atom. The summed E-state index contributed by atoms with van der Waals surface area (Å²) >= 11 is 0. The highest BCUT2D eigenvalue weighted by molar-refractivity contribution is 7.89. The average molecular weight is 552 g/mol. The van der Waals surface area contributed by atoms with Crippen LogP contribution in [0.15, 0.2) is 77.7 Å². The largest absolute Gasteiger partial charge is 0.496 e. The number of anilines is 1. The molecule has 10 heteroatoms. The summed E-state index contributed by atoms with van der Waals surface area (Å²) in [5.41, 5.74) is 2.26. The van der Waals surface area contributed by atoms with Crippen molar-refractivity contribution in [2.45, 2.75) is 31.3 Å². The lowest BCUT2D eigenvalue weighted by Crippen LogP contribution is -2.53. The van der Waals surface area contributed by atoms with Crippen molar-refractivity contribution in [3.05, 3.63) is 83.9 Å². The van der Waals surface area contributed by atoms with Gasteiger partial charge in [0.15, 0.2) is 6.10 Å². The van der Waals surface area contributed by atoms with Gasteiger partial charge in [-0.1, -0.05) is 49.4 Å². The van der Waals surface area contributed by atoms with Gasteiger partial charge in [0.05, 0.1) is 30.8 Å². The van der Waals surface area contributed by atoms with Gasteiger partial charge in [0.1, 0.15) is 11.5 Å². The Morgan fingerprint density at radius 2 is 1.79 bits per heavy atom. The van der Waals surface area contributed by atoms with E-state index >= 15 is 0 Å². The number of benzene rings is 3. The first kappa shape index (κ1) is 28.1. The zero-order valence-electron chi connectivity index (χ0n) is 22.3. The number of carbonyl (C=O) groups excluding carboxylic acids is 2. The van der Waals surface area contributed by atoms with Crippen LogP contribution in [-0.4, -0.2) is 63.9 Å². The van der Waals surface area contributed by atoms with Crippen molar-refractivity contribution in [2.24, 2.45) is 0 Å². The first-order valence-corrected chi connectivity index (χ1v) is 14.2. The average Bonchev–Trinajstić information content (AvgIpc) is 2.95. The summed E-state index contributed by atoms with van der Waals surface area (Å²) in [6, 6.07) is 21.3. The summed E-state index contributed by atoms with van der Waals surface area (Å²) in [6.45, 7) is 3.52. The molecule has 206 valence electrons. The highest BCUT2D eigenvalue weighted by Crippen LogP contribution is 2.33. The van der Waals surface area contributed by atoms with Crippen LogP contribution in [0.3, 0.4) is 0 Å². The van der Waals surface area contributed by atoms with Gasteiger partial charge >= 0.3 is 0 Å². The fraction of sp³-hybridized carbons (Fsp3) is 0.310. The van der Waals surface area contributed by atoms with E-state index < -0.39 is 22.0 Å². The minimum atomic E-state index is -3.96. The molecule has 0 aromatic heterocycles. The molecule has 0 unspecified atom stereocenters. The monoisotopic (exact) mass is 551 g/mol. The number of sulfonamides is 1. The first-order chi connectivity index (χ1) is 18.7. The summed E-state index contributed by atoms with van der Waals surface area (Å²) in [5, 5.41) is 2.89. The second-order valence-corrected chi connectivity index (χ2v) is 11.1. The normalized spacial score (nSPS) is 14.9. The molecule has 1 N–H and O–H groups in total. The van der Waals surface area contributed by atoms with E-state index in [2.05, 4.69) is 5.32 Å². The highest BCUT2D eigenvalue weighted by Gasteiger charge is 2.35. The van der Waals surface area contributed by atoms with Crippen molar-refractivity contribution < 1.29 is 27.5 Å². The number of fused-ring (bicyclic) bond motifs is 1. The number of para-hydroxylation sites is 2. The number of hydrogen-bond donors (Lipinski definition) is 1. The fourth-order valence-electron chi connectivity index (χ4n) is 4.46. The minimum absolute atomic E-state index is 0.0355. The van der Waals surface area contributed by atoms with E-state index in [1.54, 1.807) is 44.2 Å². The van der Waals surface area contributed by atoms with Crippen LogP contribution in [0, 0.1) is 6.92 Å². The van der Waals surface area contributed by atoms with Crippen LogP contribution in [0.1, 0.15) is 18.1 Å². The number of nitrogens with one attached hydrogen (secondary N) is 1. The molecule has 39 heavy (non-hydrogen) atoms. The van der Waals surface area contributed by atoms with E-state index in [9.17, 15) is 18.0 Å². The van der Waals surface area contributed by atoms with Crippen LogP contribution in [0.4, 0.5) is 5.69 Å². The number of ether oxygens (including phenoxy) is 2. The Labute approximate surface area is 229 Å². The van der Waals surface area contributed by atoms with Gasteiger partial charge in [-0.3, -0.25) is 9.59 Å². The number of carbonyl (C=O) groups is 2. The van der Waals surface area contributed by atoms with Crippen molar-refractivity contribution in [3.8, 4) is 11.5 Å². The van der Waals surface area contributed by atoms with Crippen molar-refractivity contribution in [3.63, 3.8) is 0 Å². The highest BCUT2D eigenvalue weighted by atomic mass is 32.2. The van der Waals surface area contributed by atoms with Crippen molar-refractivity contribution >= 4 is 27.5 Å². The molecule has 9 nitrogen and oxygen atoms in total. The molecule has 0 fully saturated rings. The molecule has 0 saturated heterocycles. The standard InChI is InChI=1S/C29H33N3O6S/c1-4-31(39(35,36)23-14-15-25(37-3)21(2)18-23)20-28(33)32-19-27(38-26-13-9-8-12-24(26)32)29(34)30-17-16-22-10-6-5-7-11-22/h5-15,18,27H,4,16-17,19-20H2,1-3H3,(H,30,34)/t27-/m0/s1. The third-order valence-corrected chi connectivity index (χ3v) is 8.51. The summed E-state index contributed by atoms with van der Waals surface area (Å²) in [7, 11) is -2.44. The predicted molar refractivity (Wildman–Crippen MR) is 149 cm³/mol. The van der Waals surface area contributed by atoms with Gasteiger partial charge in [-0.25, -0.2) is 8.42 Å². The number of aryl methyl sites for hydroxylation is 1. The number of methoxy groups -OCH3 is 1. The second kappa shape index (κ2) is 12.3. The molecule has 1 heterocycles. The van der Waals surface area contributed by atoms with Gasteiger partial charge in [0, 0.05) is 13.1 Å². The molecule has 0 spiro atoms. The molecular formula is C29H33N3O6S. The molecule has 1 aliphatic rings. The molecule has 0 bridgehead atoms. The molecule has 1 atom stereocenters. The van der Waals surface area contributed by atoms with Crippen LogP contribution < -0.4 is 19.7 Å². The van der Waals surface area contributed by atoms with Crippen molar-refractivity contribution in [1.29, 1.82) is 0 Å². The number of likely N-dealkylation sites (N-methyl/N-ethyl adjacent to an activating group) is 1. The third kappa shape index (κ3) is 6.40. The van der Waals surface area contributed by atoms with Crippen molar-refractivity contribution in [1.82, 2.24) is 9.62 Å². The van der Waals surface area contributed by atoms with Gasteiger partial charge in [0.25, 0.3) is 5.91 Å². The Kier molecular flexibility index (Phi) is 8.88. The van der Waals surface area contributed by atoms with E-state index in [4.69, 9.17) is 9.47 Å². The van der Waals surface area contributed by atoms with Crippen LogP contribution in [0.2, 0.25) is 0 Å². The summed E-state index contributed by atoms with van der Waals surface area (Å²) in [6.07, 6.45) is -0.275. The van der Waals surface area contributed by atoms with Gasteiger partial charge in [-0.2, -0.15) is 4.31 Å². The van der Waals surface area contributed by atoms with E-state index in [-0.39, 0.29) is 30.4 Å². The Bertz CT molecular complexity index is 1430. The smallest absolute Gasteiger partial charge is 0.262 e. The topological polar surface area (TPSA) is 105 Å². The maximum Gasteiger partial charge on any atom is 0.262 e. The molecule has 4 rings (SSSR count). The van der Waals surface area contributed by atoms with Crippen LogP contribution >= 0.6 is 0 Å². The minimum Gasteiger partial charge on any atom is -0.496 e. The maximum absolute atomic E-state index is 13.6. The number of amides is 2. The lowest BCUT2D eigenvalue weighted by molar-refractivity contribution is -0.128. The number of rotatable bonds is 10.